The molecular formula is C11H18BrNO2. The van der Waals surface area contributed by atoms with Crippen LogP contribution in [0.4, 0.5) is 0 Å². The number of likely N-dealkylation sites (tertiary alicyclic amines) is 1. The number of amides is 1. The van der Waals surface area contributed by atoms with Crippen molar-refractivity contribution in [1.29, 1.82) is 0 Å². The number of hydrogen-bond donors (Lipinski definition) is 0. The van der Waals surface area contributed by atoms with Gasteiger partial charge < -0.3 is 9.64 Å². The van der Waals surface area contributed by atoms with Gasteiger partial charge in [-0.1, -0.05) is 15.9 Å². The molecule has 0 radical (unpaired) electrons. The third-order valence-corrected chi connectivity index (χ3v) is 4.13. The molecule has 0 aromatic carbocycles. The Labute approximate surface area is 99.3 Å². The maximum absolute atomic E-state index is 11.7. The lowest BCUT2D eigenvalue weighted by molar-refractivity contribution is -0.130. The van der Waals surface area contributed by atoms with Gasteiger partial charge in [-0.05, 0) is 25.2 Å². The number of carbonyl (C=O) groups excluding carboxylic acids is 1. The van der Waals surface area contributed by atoms with Gasteiger partial charge in [-0.25, -0.2) is 0 Å². The van der Waals surface area contributed by atoms with E-state index in [1.54, 1.807) is 0 Å². The highest BCUT2D eigenvalue weighted by Gasteiger charge is 2.30. The highest BCUT2D eigenvalue weighted by molar-refractivity contribution is 9.09. The fourth-order valence-corrected chi connectivity index (χ4v) is 2.76. The summed E-state index contributed by atoms with van der Waals surface area (Å²) in [7, 11) is 0. The molecule has 2 aliphatic heterocycles. The molecule has 0 saturated carbocycles. The number of nitrogens with zero attached hydrogens (tertiary/aromatic N) is 1. The second-order valence-electron chi connectivity index (χ2n) is 4.51. The Morgan fingerprint density at radius 3 is 2.93 bits per heavy atom. The maximum Gasteiger partial charge on any atom is 0.223 e. The summed E-state index contributed by atoms with van der Waals surface area (Å²) in [6.07, 6.45) is 4.53. The van der Waals surface area contributed by atoms with Crippen molar-refractivity contribution in [1.82, 2.24) is 4.90 Å². The van der Waals surface area contributed by atoms with Crippen LogP contribution in [-0.4, -0.2) is 41.9 Å². The third-order valence-electron chi connectivity index (χ3n) is 3.21. The molecule has 15 heavy (non-hydrogen) atoms. The van der Waals surface area contributed by atoms with Crippen LogP contribution in [0.5, 0.6) is 0 Å². The first-order chi connectivity index (χ1) is 7.29. The van der Waals surface area contributed by atoms with Crippen molar-refractivity contribution in [3.8, 4) is 0 Å². The first-order valence-corrected chi connectivity index (χ1v) is 6.87. The highest BCUT2D eigenvalue weighted by Crippen LogP contribution is 2.22. The minimum atomic E-state index is 0.289. The normalized spacial score (nSPS) is 32.3. The van der Waals surface area contributed by atoms with Crippen molar-refractivity contribution in [2.24, 2.45) is 5.92 Å². The molecule has 2 heterocycles. The first kappa shape index (κ1) is 11.4. The van der Waals surface area contributed by atoms with E-state index in [0.717, 1.165) is 31.4 Å². The van der Waals surface area contributed by atoms with E-state index in [1.165, 1.54) is 12.8 Å². The number of hydrogen-bond acceptors (Lipinski definition) is 2. The molecule has 2 atom stereocenters. The Morgan fingerprint density at radius 1 is 1.47 bits per heavy atom. The molecule has 2 aliphatic rings. The maximum atomic E-state index is 11.7. The van der Waals surface area contributed by atoms with Crippen molar-refractivity contribution >= 4 is 21.8 Å². The first-order valence-electron chi connectivity index (χ1n) is 5.75. The summed E-state index contributed by atoms with van der Waals surface area (Å²) in [6.45, 7) is 2.58. The minimum absolute atomic E-state index is 0.289. The molecule has 0 aromatic heterocycles. The summed E-state index contributed by atoms with van der Waals surface area (Å²) in [5.74, 6) is 0.801. The molecular weight excluding hydrogens is 258 g/mol. The largest absolute Gasteiger partial charge is 0.376 e. The van der Waals surface area contributed by atoms with Gasteiger partial charge in [0.2, 0.25) is 5.91 Å². The summed E-state index contributed by atoms with van der Waals surface area (Å²) in [6, 6.07) is 0. The molecule has 0 bridgehead atoms. The third kappa shape index (κ3) is 2.94. The monoisotopic (exact) mass is 275 g/mol. The molecule has 0 aliphatic carbocycles. The number of alkyl halides is 1. The Bertz CT molecular complexity index is 229. The van der Waals surface area contributed by atoms with Gasteiger partial charge in [0.1, 0.15) is 0 Å². The van der Waals surface area contributed by atoms with E-state index in [4.69, 9.17) is 4.74 Å². The molecule has 3 nitrogen and oxygen atoms in total. The summed E-state index contributed by atoms with van der Waals surface area (Å²) >= 11 is 3.45. The summed E-state index contributed by atoms with van der Waals surface area (Å²) in [5.41, 5.74) is 0. The summed E-state index contributed by atoms with van der Waals surface area (Å²) < 4.78 is 5.65. The fraction of sp³-hybridized carbons (Fsp3) is 0.909. The molecule has 2 unspecified atom stereocenters. The molecule has 2 fully saturated rings. The van der Waals surface area contributed by atoms with Gasteiger partial charge >= 0.3 is 0 Å². The topological polar surface area (TPSA) is 29.5 Å². The average Bonchev–Trinajstić information content (AvgIpc) is 2.61. The van der Waals surface area contributed by atoms with Gasteiger partial charge in [0.15, 0.2) is 0 Å². The van der Waals surface area contributed by atoms with E-state index in [0.29, 0.717) is 18.2 Å². The molecule has 2 rings (SSSR count). The average molecular weight is 276 g/mol. The van der Waals surface area contributed by atoms with Crippen LogP contribution in [0, 0.1) is 5.92 Å². The highest BCUT2D eigenvalue weighted by atomic mass is 79.9. The lowest BCUT2D eigenvalue weighted by Crippen LogP contribution is -2.36. The molecule has 0 aromatic rings. The van der Waals surface area contributed by atoms with Crippen LogP contribution in [0.3, 0.4) is 0 Å². The zero-order chi connectivity index (χ0) is 10.7. The second-order valence-corrected chi connectivity index (χ2v) is 5.16. The van der Waals surface area contributed by atoms with Crippen LogP contribution in [0.1, 0.15) is 25.7 Å². The Hall–Kier alpha value is -0.0900. The summed E-state index contributed by atoms with van der Waals surface area (Å²) in [5, 5.41) is 0.931. The Kier molecular flexibility index (Phi) is 4.03. The van der Waals surface area contributed by atoms with Gasteiger partial charge in [-0.3, -0.25) is 4.79 Å². The Morgan fingerprint density at radius 2 is 2.33 bits per heavy atom. The number of halogens is 1. The lowest BCUT2D eigenvalue weighted by Gasteiger charge is -2.27. The van der Waals surface area contributed by atoms with Crippen LogP contribution in [-0.2, 0) is 9.53 Å². The zero-order valence-corrected chi connectivity index (χ0v) is 10.5. The van der Waals surface area contributed by atoms with E-state index < -0.39 is 0 Å². The standard InChI is InChI=1S/C11H18BrNO2/c12-6-9-5-11(14)13(7-9)8-10-3-1-2-4-15-10/h9-10H,1-8H2. The smallest absolute Gasteiger partial charge is 0.223 e. The summed E-state index contributed by atoms with van der Waals surface area (Å²) in [4.78, 5) is 13.6. The number of carbonyl (C=O) groups is 1. The molecule has 2 saturated heterocycles. The second kappa shape index (κ2) is 5.30. The van der Waals surface area contributed by atoms with Crippen molar-refractivity contribution in [3.63, 3.8) is 0 Å². The van der Waals surface area contributed by atoms with Crippen LogP contribution < -0.4 is 0 Å². The van der Waals surface area contributed by atoms with Gasteiger partial charge in [0.05, 0.1) is 6.10 Å². The van der Waals surface area contributed by atoms with E-state index >= 15 is 0 Å². The molecule has 0 spiro atoms. The molecule has 4 heteroatoms. The SMILES string of the molecule is O=C1CC(CBr)CN1CC1CCCCO1. The lowest BCUT2D eigenvalue weighted by atomic mass is 10.1. The van der Waals surface area contributed by atoms with Crippen molar-refractivity contribution < 1.29 is 9.53 Å². The number of rotatable bonds is 3. The Balaban J connectivity index is 1.81. The van der Waals surface area contributed by atoms with Crippen LogP contribution in [0.15, 0.2) is 0 Å². The van der Waals surface area contributed by atoms with Crippen molar-refractivity contribution in [2.75, 3.05) is 25.0 Å². The molecule has 86 valence electrons. The fourth-order valence-electron chi connectivity index (χ4n) is 2.33. The van der Waals surface area contributed by atoms with E-state index in [9.17, 15) is 4.79 Å². The molecule has 0 N–H and O–H groups in total. The molecule has 1 amide bonds. The zero-order valence-electron chi connectivity index (χ0n) is 8.95. The number of ether oxygens (including phenoxy) is 1. The van der Waals surface area contributed by atoms with Crippen molar-refractivity contribution in [2.45, 2.75) is 31.8 Å². The van der Waals surface area contributed by atoms with Gasteiger partial charge in [0, 0.05) is 31.4 Å². The quantitative estimate of drug-likeness (QED) is 0.736. The van der Waals surface area contributed by atoms with Crippen LogP contribution in [0.2, 0.25) is 0 Å². The predicted molar refractivity (Wildman–Crippen MR) is 62.1 cm³/mol. The van der Waals surface area contributed by atoms with Crippen LogP contribution >= 0.6 is 15.9 Å². The van der Waals surface area contributed by atoms with Crippen molar-refractivity contribution in [3.05, 3.63) is 0 Å². The van der Waals surface area contributed by atoms with E-state index in [1.807, 2.05) is 4.90 Å². The van der Waals surface area contributed by atoms with Gasteiger partial charge in [-0.15, -0.1) is 0 Å². The minimum Gasteiger partial charge on any atom is -0.376 e. The van der Waals surface area contributed by atoms with E-state index in [-0.39, 0.29) is 6.10 Å². The van der Waals surface area contributed by atoms with Crippen LogP contribution in [0.25, 0.3) is 0 Å². The van der Waals surface area contributed by atoms with Gasteiger partial charge in [-0.2, -0.15) is 0 Å². The van der Waals surface area contributed by atoms with Gasteiger partial charge in [0.25, 0.3) is 0 Å². The van der Waals surface area contributed by atoms with E-state index in [2.05, 4.69) is 15.9 Å². The predicted octanol–water partition coefficient (Wildman–Crippen LogP) is 1.80.